The molecule has 0 N–H and O–H groups in total. The second-order valence-corrected chi connectivity index (χ2v) is 2.36. The Bertz CT molecular complexity index is 204. The molecule has 0 amide bonds. The molecule has 0 saturated carbocycles. The van der Waals surface area contributed by atoms with E-state index in [4.69, 9.17) is 5.53 Å². The fourth-order valence-corrected chi connectivity index (χ4v) is 0.540. The zero-order chi connectivity index (χ0) is 8.69. The fourth-order valence-electron chi connectivity index (χ4n) is 0.540. The summed E-state index contributed by atoms with van der Waals surface area (Å²) in [5.74, 6) is 0. The minimum Gasteiger partial charge on any atom is -0.298 e. The van der Waals surface area contributed by atoms with Crippen molar-refractivity contribution in [3.63, 3.8) is 0 Å². The maximum Gasteiger partial charge on any atom is 0.145 e. The summed E-state index contributed by atoms with van der Waals surface area (Å²) in [6.07, 6.45) is 3.16. The van der Waals surface area contributed by atoms with E-state index < -0.39 is 0 Å². The van der Waals surface area contributed by atoms with E-state index in [0.717, 1.165) is 6.29 Å². The monoisotopic (exact) mass is 153 g/mol. The molecule has 0 spiro atoms. The van der Waals surface area contributed by atoms with Crippen LogP contribution in [0.25, 0.3) is 10.4 Å². The van der Waals surface area contributed by atoms with E-state index in [1.807, 2.05) is 0 Å². The lowest BCUT2D eigenvalue weighted by Crippen LogP contribution is -1.93. The van der Waals surface area contributed by atoms with Crippen molar-refractivity contribution in [2.45, 2.75) is 26.3 Å². The summed E-state index contributed by atoms with van der Waals surface area (Å²) >= 11 is 0. The average molecular weight is 153 g/mol. The molecular weight excluding hydrogens is 142 g/mol. The Morgan fingerprint density at radius 2 is 2.45 bits per heavy atom. The lowest BCUT2D eigenvalue weighted by molar-refractivity contribution is -0.104. The highest BCUT2D eigenvalue weighted by Gasteiger charge is 1.94. The maximum atomic E-state index is 10.1. The molecule has 4 nitrogen and oxygen atoms in total. The molecule has 0 aliphatic carbocycles. The van der Waals surface area contributed by atoms with Crippen LogP contribution in [0.3, 0.4) is 0 Å². The fraction of sp³-hybridized carbons (Fsp3) is 0.571. The number of azide groups is 1. The normalized spacial score (nSPS) is 13.5. The van der Waals surface area contributed by atoms with Crippen LogP contribution < -0.4 is 0 Å². The van der Waals surface area contributed by atoms with Crippen LogP contribution in [0.15, 0.2) is 16.8 Å². The van der Waals surface area contributed by atoms with Crippen LogP contribution in [-0.2, 0) is 4.79 Å². The highest BCUT2D eigenvalue weighted by molar-refractivity contribution is 5.71. The zero-order valence-corrected chi connectivity index (χ0v) is 6.69. The van der Waals surface area contributed by atoms with Gasteiger partial charge in [-0.2, -0.15) is 0 Å². The Hall–Kier alpha value is -1.28. The SMILES string of the molecule is C/C(C=O)=C\C[C@H](C)N=[N+]=[N-]. The molecule has 0 unspecified atom stereocenters. The van der Waals surface area contributed by atoms with Gasteiger partial charge in [-0.3, -0.25) is 4.79 Å². The molecule has 0 fully saturated rings. The first-order valence-electron chi connectivity index (χ1n) is 3.37. The number of rotatable bonds is 4. The summed E-state index contributed by atoms with van der Waals surface area (Å²) in [7, 11) is 0. The molecule has 0 aromatic carbocycles. The van der Waals surface area contributed by atoms with Gasteiger partial charge < -0.3 is 0 Å². The molecule has 4 heteroatoms. The summed E-state index contributed by atoms with van der Waals surface area (Å²) in [5.41, 5.74) is 8.70. The third-order valence-electron chi connectivity index (χ3n) is 1.22. The molecule has 11 heavy (non-hydrogen) atoms. The Balaban J connectivity index is 3.86. The van der Waals surface area contributed by atoms with E-state index in [1.54, 1.807) is 19.9 Å². The van der Waals surface area contributed by atoms with Gasteiger partial charge in [0.2, 0.25) is 0 Å². The number of aldehydes is 1. The van der Waals surface area contributed by atoms with Crippen molar-refractivity contribution in [2.75, 3.05) is 0 Å². The van der Waals surface area contributed by atoms with Crippen molar-refractivity contribution in [1.82, 2.24) is 0 Å². The third kappa shape index (κ3) is 5.18. The predicted molar refractivity (Wildman–Crippen MR) is 43.0 cm³/mol. The molecule has 0 rings (SSSR count). The lowest BCUT2D eigenvalue weighted by Gasteiger charge is -1.96. The van der Waals surface area contributed by atoms with Crippen LogP contribution in [0, 0.1) is 0 Å². The Labute approximate surface area is 65.5 Å². The van der Waals surface area contributed by atoms with Crippen molar-refractivity contribution in [1.29, 1.82) is 0 Å². The van der Waals surface area contributed by atoms with Crippen LogP contribution in [-0.4, -0.2) is 12.3 Å². The third-order valence-corrected chi connectivity index (χ3v) is 1.22. The van der Waals surface area contributed by atoms with Gasteiger partial charge in [0.1, 0.15) is 6.29 Å². The molecular formula is C7H11N3O. The number of carbonyl (C=O) groups excluding carboxylic acids is 1. The molecule has 0 aliphatic heterocycles. The summed E-state index contributed by atoms with van der Waals surface area (Å²) in [6.45, 7) is 3.52. The Kier molecular flexibility index (Phi) is 4.86. The highest BCUT2D eigenvalue weighted by atomic mass is 16.1. The summed E-state index contributed by atoms with van der Waals surface area (Å²) in [5, 5.41) is 3.45. The first-order valence-corrected chi connectivity index (χ1v) is 3.37. The largest absolute Gasteiger partial charge is 0.298 e. The van der Waals surface area contributed by atoms with E-state index >= 15 is 0 Å². The minimum atomic E-state index is -0.0742. The van der Waals surface area contributed by atoms with Crippen molar-refractivity contribution in [3.8, 4) is 0 Å². The van der Waals surface area contributed by atoms with Gasteiger partial charge in [-0.15, -0.1) is 0 Å². The van der Waals surface area contributed by atoms with E-state index in [2.05, 4.69) is 10.0 Å². The van der Waals surface area contributed by atoms with Crippen molar-refractivity contribution < 1.29 is 4.79 Å². The van der Waals surface area contributed by atoms with Gasteiger partial charge in [0.25, 0.3) is 0 Å². The minimum absolute atomic E-state index is 0.0742. The summed E-state index contributed by atoms with van der Waals surface area (Å²) in [4.78, 5) is 12.8. The van der Waals surface area contributed by atoms with Gasteiger partial charge in [-0.1, -0.05) is 18.1 Å². The van der Waals surface area contributed by atoms with E-state index in [-0.39, 0.29) is 6.04 Å². The second-order valence-electron chi connectivity index (χ2n) is 2.36. The first-order chi connectivity index (χ1) is 5.20. The zero-order valence-electron chi connectivity index (χ0n) is 6.69. The van der Waals surface area contributed by atoms with Crippen molar-refractivity contribution in [3.05, 3.63) is 22.1 Å². The molecule has 0 aromatic heterocycles. The molecule has 0 bridgehead atoms. The quantitative estimate of drug-likeness (QED) is 0.201. The number of nitrogens with zero attached hydrogens (tertiary/aromatic N) is 3. The number of hydrogen-bond donors (Lipinski definition) is 0. The van der Waals surface area contributed by atoms with E-state index in [0.29, 0.717) is 12.0 Å². The van der Waals surface area contributed by atoms with Gasteiger partial charge in [0.15, 0.2) is 0 Å². The lowest BCUT2D eigenvalue weighted by atomic mass is 10.2. The molecule has 0 saturated heterocycles. The van der Waals surface area contributed by atoms with E-state index in [9.17, 15) is 4.79 Å². The van der Waals surface area contributed by atoms with Gasteiger partial charge in [-0.25, -0.2) is 0 Å². The molecule has 0 heterocycles. The van der Waals surface area contributed by atoms with Crippen LogP contribution in [0.1, 0.15) is 20.3 Å². The molecule has 60 valence electrons. The van der Waals surface area contributed by atoms with Crippen LogP contribution >= 0.6 is 0 Å². The number of allylic oxidation sites excluding steroid dienone is 1. The van der Waals surface area contributed by atoms with Crippen molar-refractivity contribution >= 4 is 6.29 Å². The average Bonchev–Trinajstić information content (AvgIpc) is 2.01. The van der Waals surface area contributed by atoms with Crippen molar-refractivity contribution in [2.24, 2.45) is 5.11 Å². The highest BCUT2D eigenvalue weighted by Crippen LogP contribution is 2.00. The van der Waals surface area contributed by atoms with Crippen LogP contribution in [0.5, 0.6) is 0 Å². The number of carbonyl (C=O) groups is 1. The predicted octanol–water partition coefficient (Wildman–Crippen LogP) is 2.22. The molecule has 0 aliphatic rings. The molecule has 1 atom stereocenters. The first kappa shape index (κ1) is 9.72. The van der Waals surface area contributed by atoms with Gasteiger partial charge in [-0.05, 0) is 24.4 Å². The summed E-state index contributed by atoms with van der Waals surface area (Å²) in [6, 6.07) is -0.0742. The van der Waals surface area contributed by atoms with Gasteiger partial charge in [0, 0.05) is 11.0 Å². The second kappa shape index (κ2) is 5.50. The standard InChI is InChI=1S/C7H11N3O/c1-6(5-11)3-4-7(2)9-10-8/h3,5,7H,4H2,1-2H3/b6-3+/t7-/m0/s1. The Morgan fingerprint density at radius 3 is 2.91 bits per heavy atom. The molecule has 0 aromatic rings. The molecule has 0 radical (unpaired) electrons. The van der Waals surface area contributed by atoms with Crippen LogP contribution in [0.4, 0.5) is 0 Å². The van der Waals surface area contributed by atoms with Gasteiger partial charge in [0.05, 0.1) is 0 Å². The van der Waals surface area contributed by atoms with Crippen LogP contribution in [0.2, 0.25) is 0 Å². The maximum absolute atomic E-state index is 10.1. The van der Waals surface area contributed by atoms with Gasteiger partial charge >= 0.3 is 0 Å². The number of hydrogen-bond acceptors (Lipinski definition) is 2. The summed E-state index contributed by atoms with van der Waals surface area (Å²) < 4.78 is 0. The smallest absolute Gasteiger partial charge is 0.145 e. The topological polar surface area (TPSA) is 65.8 Å². The Morgan fingerprint density at radius 1 is 1.82 bits per heavy atom. The van der Waals surface area contributed by atoms with E-state index in [1.165, 1.54) is 0 Å².